The fourth-order valence-corrected chi connectivity index (χ4v) is 2.06. The predicted octanol–water partition coefficient (Wildman–Crippen LogP) is 5.63. The Morgan fingerprint density at radius 1 is 1.23 bits per heavy atom. The van der Waals surface area contributed by atoms with Gasteiger partial charge in [0, 0.05) is 17.5 Å². The molecule has 0 unspecified atom stereocenters. The summed E-state index contributed by atoms with van der Waals surface area (Å²) >= 11 is 0. The van der Waals surface area contributed by atoms with Gasteiger partial charge in [-0.1, -0.05) is 25.5 Å². The predicted molar refractivity (Wildman–Crippen MR) is 103 cm³/mol. The lowest BCUT2D eigenvalue weighted by Gasteiger charge is -2.19. The van der Waals surface area contributed by atoms with Gasteiger partial charge in [-0.15, -0.1) is 5.73 Å². The molecule has 1 aromatic rings. The minimum absolute atomic E-state index is 0.0569. The summed E-state index contributed by atoms with van der Waals surface area (Å²) in [5.41, 5.74) is 5.62. The van der Waals surface area contributed by atoms with Crippen LogP contribution in [0.15, 0.2) is 53.3 Å². The summed E-state index contributed by atoms with van der Waals surface area (Å²) in [7, 11) is 0. The molecule has 26 heavy (non-hydrogen) atoms. The van der Waals surface area contributed by atoms with E-state index >= 15 is 0 Å². The van der Waals surface area contributed by atoms with E-state index in [2.05, 4.69) is 25.7 Å². The van der Waals surface area contributed by atoms with E-state index in [4.69, 9.17) is 4.74 Å². The highest BCUT2D eigenvalue weighted by Crippen LogP contribution is 2.19. The van der Waals surface area contributed by atoms with Crippen LogP contribution in [0.25, 0.3) is 0 Å². The molecule has 0 fully saturated rings. The third-order valence-electron chi connectivity index (χ3n) is 3.67. The molecule has 0 heterocycles. The molecule has 140 valence electrons. The van der Waals surface area contributed by atoms with Crippen molar-refractivity contribution < 1.29 is 14.5 Å². The number of rotatable bonds is 8. The molecule has 5 nitrogen and oxygen atoms in total. The molecule has 0 saturated heterocycles. The Morgan fingerprint density at radius 3 is 2.38 bits per heavy atom. The van der Waals surface area contributed by atoms with Crippen molar-refractivity contribution in [2.75, 3.05) is 6.61 Å². The second kappa shape index (κ2) is 9.73. The Labute approximate surface area is 155 Å². The average Bonchev–Trinajstić information content (AvgIpc) is 2.58. The van der Waals surface area contributed by atoms with Crippen molar-refractivity contribution in [1.29, 1.82) is 0 Å². The smallest absolute Gasteiger partial charge is 0.338 e. The highest BCUT2D eigenvalue weighted by atomic mass is 16.6. The maximum absolute atomic E-state index is 12.1. The summed E-state index contributed by atoms with van der Waals surface area (Å²) in [6.45, 7) is 10.3. The van der Waals surface area contributed by atoms with Crippen LogP contribution in [0.4, 0.5) is 5.69 Å². The fraction of sp³-hybridized carbons (Fsp3) is 0.429. The zero-order chi connectivity index (χ0) is 19.7. The average molecular weight is 357 g/mol. The number of ether oxygens (including phenoxy) is 1. The molecule has 0 spiro atoms. The first-order chi connectivity index (χ1) is 12.1. The normalized spacial score (nSPS) is 10.5. The lowest BCUT2D eigenvalue weighted by molar-refractivity contribution is -0.384. The van der Waals surface area contributed by atoms with Crippen LogP contribution in [-0.2, 0) is 4.74 Å². The van der Waals surface area contributed by atoms with Gasteiger partial charge >= 0.3 is 5.97 Å². The van der Waals surface area contributed by atoms with Crippen molar-refractivity contribution in [3.8, 4) is 0 Å². The molecule has 1 rings (SSSR count). The Hall–Kier alpha value is -2.65. The summed E-state index contributed by atoms with van der Waals surface area (Å²) in [5.74, 6) is -0.495. The number of allylic oxidation sites excluding steroid dienone is 2. The molecule has 0 saturated carbocycles. The highest BCUT2D eigenvalue weighted by Gasteiger charge is 2.18. The van der Waals surface area contributed by atoms with Gasteiger partial charge in [0.2, 0.25) is 0 Å². The molecule has 1 aromatic carbocycles. The number of nitro benzene ring substituents is 1. The summed E-state index contributed by atoms with van der Waals surface area (Å²) in [5, 5.41) is 10.6. The van der Waals surface area contributed by atoms with Gasteiger partial charge in [0.1, 0.15) is 6.61 Å². The number of carbonyl (C=O) groups excluding carboxylic acids is 1. The van der Waals surface area contributed by atoms with E-state index in [9.17, 15) is 14.9 Å². The number of non-ortho nitro benzene ring substituents is 1. The van der Waals surface area contributed by atoms with Gasteiger partial charge in [-0.3, -0.25) is 10.1 Å². The summed E-state index contributed by atoms with van der Waals surface area (Å²) < 4.78 is 5.34. The van der Waals surface area contributed by atoms with E-state index in [1.807, 2.05) is 26.8 Å². The number of hydrogen-bond donors (Lipinski definition) is 0. The molecular formula is C21H27NO4. The van der Waals surface area contributed by atoms with Crippen molar-refractivity contribution >= 4 is 11.7 Å². The van der Waals surface area contributed by atoms with E-state index in [0.717, 1.165) is 18.4 Å². The molecule has 0 radical (unpaired) electrons. The van der Waals surface area contributed by atoms with Gasteiger partial charge in [-0.25, -0.2) is 4.79 Å². The van der Waals surface area contributed by atoms with Crippen LogP contribution >= 0.6 is 0 Å². The Morgan fingerprint density at radius 2 is 1.85 bits per heavy atom. The minimum atomic E-state index is -0.505. The van der Waals surface area contributed by atoms with E-state index in [1.54, 1.807) is 0 Å². The summed E-state index contributed by atoms with van der Waals surface area (Å²) in [6, 6.07) is 5.38. The second-order valence-electron chi connectivity index (χ2n) is 7.26. The van der Waals surface area contributed by atoms with Gasteiger partial charge in [0.25, 0.3) is 5.69 Å². The number of nitrogens with zero attached hydrogens (tertiary/aromatic N) is 1. The van der Waals surface area contributed by atoms with E-state index in [1.165, 1.54) is 29.8 Å². The SMILES string of the molecule is CC(=C=CC(C)(C)COC(=O)c1ccc([N+](=O)[O-])cc1)CCC=C(C)C. The minimum Gasteiger partial charge on any atom is -0.461 e. The molecule has 0 aliphatic rings. The lowest BCUT2D eigenvalue weighted by atomic mass is 9.94. The molecule has 0 aliphatic heterocycles. The zero-order valence-corrected chi connectivity index (χ0v) is 16.2. The maximum atomic E-state index is 12.1. The van der Waals surface area contributed by atoms with Crippen molar-refractivity contribution in [2.45, 2.75) is 47.5 Å². The quantitative estimate of drug-likeness (QED) is 0.199. The summed E-state index contributed by atoms with van der Waals surface area (Å²) in [4.78, 5) is 22.2. The van der Waals surface area contributed by atoms with Gasteiger partial charge in [0.05, 0.1) is 10.5 Å². The molecule has 0 aliphatic carbocycles. The van der Waals surface area contributed by atoms with Gasteiger partial charge in [-0.05, 0) is 57.4 Å². The van der Waals surface area contributed by atoms with Crippen LogP contribution in [0.5, 0.6) is 0 Å². The summed E-state index contributed by atoms with van der Waals surface area (Å²) in [6.07, 6.45) is 6.06. The third kappa shape index (κ3) is 7.95. The zero-order valence-electron chi connectivity index (χ0n) is 16.2. The Balaban J connectivity index is 2.63. The number of benzene rings is 1. The maximum Gasteiger partial charge on any atom is 0.338 e. The molecular weight excluding hydrogens is 330 g/mol. The lowest BCUT2D eigenvalue weighted by Crippen LogP contribution is -2.19. The molecule has 5 heteroatoms. The highest BCUT2D eigenvalue weighted by molar-refractivity contribution is 5.89. The van der Waals surface area contributed by atoms with Crippen LogP contribution in [0.3, 0.4) is 0 Å². The molecule has 0 N–H and O–H groups in total. The first kappa shape index (κ1) is 21.4. The third-order valence-corrected chi connectivity index (χ3v) is 3.67. The molecule has 0 amide bonds. The first-order valence-corrected chi connectivity index (χ1v) is 8.59. The van der Waals surface area contributed by atoms with E-state index in [-0.39, 0.29) is 17.7 Å². The van der Waals surface area contributed by atoms with Crippen molar-refractivity contribution in [3.05, 3.63) is 69.0 Å². The standard InChI is InChI=1S/C21H27NO4/c1-16(2)7-6-8-17(3)13-14-21(4,5)15-26-20(23)18-9-11-19(12-10-18)22(24)25/h7,9-12,14H,6,8,15H2,1-5H3. The van der Waals surface area contributed by atoms with E-state index in [0.29, 0.717) is 5.56 Å². The van der Waals surface area contributed by atoms with Crippen LogP contribution in [0.2, 0.25) is 0 Å². The number of esters is 1. The van der Waals surface area contributed by atoms with Gasteiger partial charge < -0.3 is 4.74 Å². The van der Waals surface area contributed by atoms with Gasteiger partial charge in [-0.2, -0.15) is 0 Å². The van der Waals surface area contributed by atoms with Crippen molar-refractivity contribution in [2.24, 2.45) is 5.41 Å². The van der Waals surface area contributed by atoms with Crippen molar-refractivity contribution in [1.82, 2.24) is 0 Å². The number of carbonyl (C=O) groups is 1. The topological polar surface area (TPSA) is 69.4 Å². The number of nitro groups is 1. The Bertz CT molecular complexity index is 732. The van der Waals surface area contributed by atoms with Crippen LogP contribution in [-0.4, -0.2) is 17.5 Å². The molecule has 0 bridgehead atoms. The van der Waals surface area contributed by atoms with Crippen LogP contribution < -0.4 is 0 Å². The fourth-order valence-electron chi connectivity index (χ4n) is 2.06. The van der Waals surface area contributed by atoms with Gasteiger partial charge in [0.15, 0.2) is 0 Å². The van der Waals surface area contributed by atoms with Crippen LogP contribution in [0.1, 0.15) is 57.8 Å². The number of hydrogen-bond acceptors (Lipinski definition) is 4. The molecule has 0 aromatic heterocycles. The van der Waals surface area contributed by atoms with E-state index < -0.39 is 10.9 Å². The Kier molecular flexibility index (Phi) is 8.01. The molecule has 0 atom stereocenters. The second-order valence-corrected chi connectivity index (χ2v) is 7.26. The van der Waals surface area contributed by atoms with Crippen LogP contribution in [0, 0.1) is 15.5 Å². The largest absolute Gasteiger partial charge is 0.461 e. The monoisotopic (exact) mass is 357 g/mol. The first-order valence-electron chi connectivity index (χ1n) is 8.59. The van der Waals surface area contributed by atoms with Crippen molar-refractivity contribution in [3.63, 3.8) is 0 Å².